The summed E-state index contributed by atoms with van der Waals surface area (Å²) in [6, 6.07) is 0. The molecule has 2 aliphatic rings. The molecule has 56 valence electrons. The van der Waals surface area contributed by atoms with Crippen LogP contribution in [0.25, 0.3) is 0 Å². The van der Waals surface area contributed by atoms with E-state index in [4.69, 9.17) is 4.74 Å². The van der Waals surface area contributed by atoms with Crippen molar-refractivity contribution in [2.45, 2.75) is 26.4 Å². The second-order valence-electron chi connectivity index (χ2n) is 3.76. The van der Waals surface area contributed by atoms with Gasteiger partial charge in [-0.15, -0.1) is 0 Å². The summed E-state index contributed by atoms with van der Waals surface area (Å²) >= 11 is 0. The summed E-state index contributed by atoms with van der Waals surface area (Å²) in [4.78, 5) is 10.9. The molecule has 2 nitrogen and oxygen atoms in total. The highest BCUT2D eigenvalue weighted by Gasteiger charge is 2.58. The Balaban J connectivity index is 2.24. The van der Waals surface area contributed by atoms with Crippen molar-refractivity contribution >= 4 is 5.78 Å². The number of ether oxygens (including phenoxy) is 1. The second kappa shape index (κ2) is 1.62. The van der Waals surface area contributed by atoms with Gasteiger partial charge in [0.05, 0.1) is 6.61 Å². The van der Waals surface area contributed by atoms with Gasteiger partial charge in [-0.3, -0.25) is 4.79 Å². The van der Waals surface area contributed by atoms with E-state index in [9.17, 15) is 4.79 Å². The Morgan fingerprint density at radius 1 is 1.70 bits per heavy atom. The minimum atomic E-state index is -0.0532. The van der Waals surface area contributed by atoms with Crippen LogP contribution in [0.1, 0.15) is 20.3 Å². The van der Waals surface area contributed by atoms with Gasteiger partial charge >= 0.3 is 0 Å². The van der Waals surface area contributed by atoms with Crippen molar-refractivity contribution < 1.29 is 9.53 Å². The van der Waals surface area contributed by atoms with Crippen molar-refractivity contribution in [3.8, 4) is 0 Å². The summed E-state index contributed by atoms with van der Waals surface area (Å²) in [6.45, 7) is 5.08. The maximum Gasteiger partial charge on any atom is 0.162 e. The van der Waals surface area contributed by atoms with Gasteiger partial charge in [0.15, 0.2) is 5.78 Å². The maximum absolute atomic E-state index is 10.9. The summed E-state index contributed by atoms with van der Waals surface area (Å²) in [5.41, 5.74) is 0.192. The fraction of sp³-hybridized carbons (Fsp3) is 0.875. The van der Waals surface area contributed by atoms with Crippen LogP contribution in [-0.2, 0) is 9.53 Å². The van der Waals surface area contributed by atoms with E-state index >= 15 is 0 Å². The molecule has 0 amide bonds. The molecule has 0 N–H and O–H groups in total. The van der Waals surface area contributed by atoms with Gasteiger partial charge in [0.1, 0.15) is 6.10 Å². The van der Waals surface area contributed by atoms with E-state index in [0.29, 0.717) is 11.7 Å². The van der Waals surface area contributed by atoms with Crippen molar-refractivity contribution in [3.05, 3.63) is 0 Å². The predicted octanol–water partition coefficient (Wildman–Crippen LogP) is 1.00. The first-order chi connectivity index (χ1) is 4.64. The average molecular weight is 140 g/mol. The first-order valence-electron chi connectivity index (χ1n) is 3.79. The van der Waals surface area contributed by atoms with Crippen molar-refractivity contribution in [2.24, 2.45) is 11.3 Å². The largest absolute Gasteiger partial charge is 0.370 e. The van der Waals surface area contributed by atoms with Crippen LogP contribution < -0.4 is 0 Å². The smallest absolute Gasteiger partial charge is 0.162 e. The molecule has 1 aliphatic heterocycles. The number of hydrogen-bond donors (Lipinski definition) is 0. The number of hydrogen-bond acceptors (Lipinski definition) is 2. The highest BCUT2D eigenvalue weighted by Crippen LogP contribution is 2.50. The van der Waals surface area contributed by atoms with Gasteiger partial charge in [0.25, 0.3) is 0 Å². The van der Waals surface area contributed by atoms with Gasteiger partial charge in [-0.1, -0.05) is 13.8 Å². The zero-order chi connectivity index (χ0) is 7.35. The molecule has 1 aliphatic carbocycles. The molecular formula is C8H12O2. The minimum absolute atomic E-state index is 0.0532. The van der Waals surface area contributed by atoms with Crippen LogP contribution in [-0.4, -0.2) is 18.5 Å². The molecule has 0 aromatic heterocycles. The van der Waals surface area contributed by atoms with Crippen molar-refractivity contribution in [1.82, 2.24) is 0 Å². The van der Waals surface area contributed by atoms with Gasteiger partial charge in [-0.2, -0.15) is 0 Å². The average Bonchev–Trinajstić information content (AvgIpc) is 2.06. The standard InChI is InChI=1S/C8H12O2/c1-5-4-10-7-6(9)3-8(5,7)2/h5,7H,3-4H2,1-2H3/t5-,7+,8+/m0/s1. The Bertz CT molecular complexity index is 188. The van der Waals surface area contributed by atoms with Crippen LogP contribution in [0.4, 0.5) is 0 Å². The van der Waals surface area contributed by atoms with Crippen LogP contribution in [0.15, 0.2) is 0 Å². The van der Waals surface area contributed by atoms with E-state index in [1.807, 2.05) is 0 Å². The number of Topliss-reactive ketones (excluding diaryl/α,β-unsaturated/α-hetero) is 1. The normalized spacial score (nSPS) is 52.4. The second-order valence-corrected chi connectivity index (χ2v) is 3.76. The molecule has 0 bridgehead atoms. The third-order valence-electron chi connectivity index (χ3n) is 3.09. The maximum atomic E-state index is 10.9. The summed E-state index contributed by atoms with van der Waals surface area (Å²) in [6.07, 6.45) is 0.682. The van der Waals surface area contributed by atoms with E-state index < -0.39 is 0 Å². The van der Waals surface area contributed by atoms with E-state index in [0.717, 1.165) is 13.0 Å². The summed E-state index contributed by atoms with van der Waals surface area (Å²) < 4.78 is 5.33. The van der Waals surface area contributed by atoms with Gasteiger partial charge in [0, 0.05) is 11.8 Å². The van der Waals surface area contributed by atoms with Crippen molar-refractivity contribution in [1.29, 1.82) is 0 Å². The molecule has 2 heteroatoms. The highest BCUT2D eigenvalue weighted by molar-refractivity contribution is 5.91. The SMILES string of the molecule is C[C@H]1CO[C@@H]2C(=O)C[C@@]21C. The zero-order valence-corrected chi connectivity index (χ0v) is 6.39. The minimum Gasteiger partial charge on any atom is -0.370 e. The van der Waals surface area contributed by atoms with E-state index in [1.54, 1.807) is 0 Å². The van der Waals surface area contributed by atoms with Gasteiger partial charge in [-0.05, 0) is 5.92 Å². The molecule has 3 atom stereocenters. The fourth-order valence-electron chi connectivity index (χ4n) is 1.94. The zero-order valence-electron chi connectivity index (χ0n) is 6.39. The lowest BCUT2D eigenvalue weighted by molar-refractivity contribution is -0.148. The Morgan fingerprint density at radius 3 is 2.80 bits per heavy atom. The molecule has 2 fully saturated rings. The topological polar surface area (TPSA) is 26.3 Å². The Kier molecular flexibility index (Phi) is 1.03. The molecule has 0 spiro atoms. The quantitative estimate of drug-likeness (QED) is 0.501. The molecule has 0 radical (unpaired) electrons. The van der Waals surface area contributed by atoms with Gasteiger partial charge in [0.2, 0.25) is 0 Å². The third-order valence-corrected chi connectivity index (χ3v) is 3.09. The summed E-state index contributed by atoms with van der Waals surface area (Å²) in [5.74, 6) is 0.863. The number of carbonyl (C=O) groups excluding carboxylic acids is 1. The molecular weight excluding hydrogens is 128 g/mol. The summed E-state index contributed by atoms with van der Waals surface area (Å²) in [7, 11) is 0. The lowest BCUT2D eigenvalue weighted by atomic mass is 9.62. The van der Waals surface area contributed by atoms with Crippen molar-refractivity contribution in [3.63, 3.8) is 0 Å². The highest BCUT2D eigenvalue weighted by atomic mass is 16.5. The van der Waals surface area contributed by atoms with Crippen molar-refractivity contribution in [2.75, 3.05) is 6.61 Å². The number of fused-ring (bicyclic) bond motifs is 1. The number of rotatable bonds is 0. The Hall–Kier alpha value is -0.370. The molecule has 0 aromatic rings. The number of carbonyl (C=O) groups is 1. The van der Waals surface area contributed by atoms with E-state index in [2.05, 4.69) is 13.8 Å². The molecule has 1 heterocycles. The first kappa shape index (κ1) is 6.35. The molecule has 0 aromatic carbocycles. The molecule has 1 saturated carbocycles. The molecule has 1 saturated heterocycles. The van der Waals surface area contributed by atoms with E-state index in [1.165, 1.54) is 0 Å². The molecule has 2 rings (SSSR count). The van der Waals surface area contributed by atoms with Crippen LogP contribution in [0, 0.1) is 11.3 Å². The van der Waals surface area contributed by atoms with Gasteiger partial charge in [-0.25, -0.2) is 0 Å². The van der Waals surface area contributed by atoms with Crippen LogP contribution in [0.5, 0.6) is 0 Å². The monoisotopic (exact) mass is 140 g/mol. The van der Waals surface area contributed by atoms with Crippen LogP contribution in [0.3, 0.4) is 0 Å². The third kappa shape index (κ3) is 0.511. The van der Waals surface area contributed by atoms with Crippen LogP contribution >= 0.6 is 0 Å². The molecule has 0 unspecified atom stereocenters. The number of ketones is 1. The first-order valence-corrected chi connectivity index (χ1v) is 3.79. The molecule has 10 heavy (non-hydrogen) atoms. The Labute approximate surface area is 60.6 Å². The summed E-state index contributed by atoms with van der Waals surface area (Å²) in [5, 5.41) is 0. The fourth-order valence-corrected chi connectivity index (χ4v) is 1.94. The Morgan fingerprint density at radius 2 is 2.40 bits per heavy atom. The lowest BCUT2D eigenvalue weighted by Crippen LogP contribution is -2.50. The van der Waals surface area contributed by atoms with Crippen LogP contribution in [0.2, 0.25) is 0 Å². The predicted molar refractivity (Wildman–Crippen MR) is 36.6 cm³/mol. The lowest BCUT2D eigenvalue weighted by Gasteiger charge is -2.40. The van der Waals surface area contributed by atoms with E-state index in [-0.39, 0.29) is 11.5 Å². The van der Waals surface area contributed by atoms with Gasteiger partial charge < -0.3 is 4.74 Å².